The van der Waals surface area contributed by atoms with E-state index in [9.17, 15) is 21.6 Å². The highest BCUT2D eigenvalue weighted by molar-refractivity contribution is 7.86. The summed E-state index contributed by atoms with van der Waals surface area (Å²) >= 11 is 0. The Bertz CT molecular complexity index is 657. The van der Waals surface area contributed by atoms with Gasteiger partial charge in [0.2, 0.25) is 5.88 Å². The number of nitrogens with zero attached hydrogens (tertiary/aromatic N) is 3. The summed E-state index contributed by atoms with van der Waals surface area (Å²) in [6.45, 7) is 0.944. The van der Waals surface area contributed by atoms with E-state index in [1.807, 2.05) is 0 Å². The first kappa shape index (κ1) is 18.9. The van der Waals surface area contributed by atoms with Gasteiger partial charge in [0, 0.05) is 33.3 Å². The largest absolute Gasteiger partial charge is 0.477 e. The van der Waals surface area contributed by atoms with Gasteiger partial charge in [0.25, 0.3) is 10.2 Å². The van der Waals surface area contributed by atoms with Crippen LogP contribution in [0, 0.1) is 5.92 Å². The minimum absolute atomic E-state index is 0.0758. The van der Waals surface area contributed by atoms with Crippen molar-refractivity contribution in [3.8, 4) is 5.88 Å². The first-order valence-corrected chi connectivity index (χ1v) is 8.85. The molecule has 6 nitrogen and oxygen atoms in total. The highest BCUT2D eigenvalue weighted by Crippen LogP contribution is 2.29. The Labute approximate surface area is 139 Å². The van der Waals surface area contributed by atoms with Crippen molar-refractivity contribution in [2.24, 2.45) is 5.92 Å². The van der Waals surface area contributed by atoms with E-state index in [1.54, 1.807) is 0 Å². The predicted octanol–water partition coefficient (Wildman–Crippen LogP) is 2.00. The molecule has 0 atom stereocenters. The van der Waals surface area contributed by atoms with Crippen LogP contribution in [-0.4, -0.2) is 55.8 Å². The lowest BCUT2D eigenvalue weighted by atomic mass is 9.99. The molecular formula is C14H20F3N3O3S. The summed E-state index contributed by atoms with van der Waals surface area (Å²) in [6, 6.07) is 3.51. The number of halogens is 3. The fourth-order valence-corrected chi connectivity index (χ4v) is 3.53. The summed E-state index contributed by atoms with van der Waals surface area (Å²) in [5.74, 6) is 0.00289. The van der Waals surface area contributed by atoms with Gasteiger partial charge in [-0.3, -0.25) is 0 Å². The zero-order valence-electron chi connectivity index (χ0n) is 13.5. The van der Waals surface area contributed by atoms with Gasteiger partial charge >= 0.3 is 6.18 Å². The van der Waals surface area contributed by atoms with Gasteiger partial charge in [-0.1, -0.05) is 6.07 Å². The second kappa shape index (κ2) is 7.24. The Kier molecular flexibility index (Phi) is 5.71. The van der Waals surface area contributed by atoms with Crippen LogP contribution in [0.1, 0.15) is 18.5 Å². The summed E-state index contributed by atoms with van der Waals surface area (Å²) in [4.78, 5) is 3.45. The maximum Gasteiger partial charge on any atom is 0.433 e. The first-order chi connectivity index (χ1) is 11.1. The molecule has 0 radical (unpaired) electrons. The molecule has 0 aromatic carbocycles. The van der Waals surface area contributed by atoms with E-state index in [0.29, 0.717) is 25.9 Å². The predicted molar refractivity (Wildman–Crippen MR) is 81.6 cm³/mol. The van der Waals surface area contributed by atoms with E-state index < -0.39 is 22.1 Å². The summed E-state index contributed by atoms with van der Waals surface area (Å²) in [5.41, 5.74) is -0.994. The standard InChI is InChI=1S/C14H20F3N3O3S/c1-19(2)24(21,22)20-8-6-11(7-9-20)10-23-13-5-3-4-12(18-13)14(15,16)17/h3-5,11H,6-10H2,1-2H3. The number of pyridine rings is 1. The maximum absolute atomic E-state index is 12.6. The summed E-state index contributed by atoms with van der Waals surface area (Å²) in [6.07, 6.45) is -3.33. The molecule has 1 fully saturated rings. The minimum atomic E-state index is -4.51. The lowest BCUT2D eigenvalue weighted by Crippen LogP contribution is -2.45. The number of piperidine rings is 1. The van der Waals surface area contributed by atoms with Crippen LogP contribution < -0.4 is 4.74 Å². The van der Waals surface area contributed by atoms with Crippen molar-refractivity contribution in [3.05, 3.63) is 23.9 Å². The van der Waals surface area contributed by atoms with Crippen molar-refractivity contribution in [2.45, 2.75) is 19.0 Å². The summed E-state index contributed by atoms with van der Waals surface area (Å²) in [5, 5.41) is 0. The molecule has 1 aromatic rings. The number of hydrogen-bond donors (Lipinski definition) is 0. The van der Waals surface area contributed by atoms with Crippen LogP contribution >= 0.6 is 0 Å². The molecule has 1 aliphatic heterocycles. The van der Waals surface area contributed by atoms with Crippen LogP contribution in [0.25, 0.3) is 0 Å². The third-order valence-electron chi connectivity index (χ3n) is 3.84. The maximum atomic E-state index is 12.6. The molecule has 1 aromatic heterocycles. The van der Waals surface area contributed by atoms with Crippen molar-refractivity contribution < 1.29 is 26.3 Å². The van der Waals surface area contributed by atoms with Gasteiger partial charge in [0.15, 0.2) is 0 Å². The first-order valence-electron chi connectivity index (χ1n) is 7.45. The topological polar surface area (TPSA) is 62.7 Å². The lowest BCUT2D eigenvalue weighted by molar-refractivity contribution is -0.141. The van der Waals surface area contributed by atoms with Gasteiger partial charge in [0.1, 0.15) is 5.69 Å². The Morgan fingerprint density at radius 2 is 1.92 bits per heavy atom. The van der Waals surface area contributed by atoms with Gasteiger partial charge in [-0.05, 0) is 24.8 Å². The molecule has 0 N–H and O–H groups in total. The van der Waals surface area contributed by atoms with Crippen LogP contribution in [0.15, 0.2) is 18.2 Å². The highest BCUT2D eigenvalue weighted by atomic mass is 32.2. The number of aromatic nitrogens is 1. The molecule has 0 unspecified atom stereocenters. The van der Waals surface area contributed by atoms with Crippen LogP contribution in [0.3, 0.4) is 0 Å². The summed E-state index contributed by atoms with van der Waals surface area (Å²) in [7, 11) is -0.472. The van der Waals surface area contributed by atoms with Crippen molar-refractivity contribution in [2.75, 3.05) is 33.8 Å². The average molecular weight is 367 g/mol. The zero-order chi connectivity index (χ0) is 18.0. The van der Waals surface area contributed by atoms with E-state index in [-0.39, 0.29) is 18.4 Å². The Morgan fingerprint density at radius 1 is 1.29 bits per heavy atom. The fourth-order valence-electron chi connectivity index (χ4n) is 2.39. The van der Waals surface area contributed by atoms with E-state index in [2.05, 4.69) is 4.98 Å². The van der Waals surface area contributed by atoms with E-state index in [0.717, 1.165) is 10.4 Å². The number of ether oxygens (including phenoxy) is 1. The molecule has 0 bridgehead atoms. The zero-order valence-corrected chi connectivity index (χ0v) is 14.3. The van der Waals surface area contributed by atoms with Crippen molar-refractivity contribution in [1.82, 2.24) is 13.6 Å². The van der Waals surface area contributed by atoms with E-state index >= 15 is 0 Å². The number of hydrogen-bond acceptors (Lipinski definition) is 4. The minimum Gasteiger partial charge on any atom is -0.477 e. The summed E-state index contributed by atoms with van der Waals surface area (Å²) < 4.78 is 69.7. The SMILES string of the molecule is CN(C)S(=O)(=O)N1CCC(COc2cccc(C(F)(F)F)n2)CC1. The van der Waals surface area contributed by atoms with Crippen molar-refractivity contribution in [3.63, 3.8) is 0 Å². The molecule has 0 saturated carbocycles. The molecule has 2 rings (SSSR count). The van der Waals surface area contributed by atoms with Crippen LogP contribution in [0.4, 0.5) is 13.2 Å². The molecule has 24 heavy (non-hydrogen) atoms. The Morgan fingerprint density at radius 3 is 2.46 bits per heavy atom. The number of alkyl halides is 3. The normalized spacial score (nSPS) is 18.1. The third kappa shape index (κ3) is 4.58. The molecule has 10 heteroatoms. The molecule has 0 amide bonds. The third-order valence-corrected chi connectivity index (χ3v) is 5.78. The Hall–Kier alpha value is -1.39. The lowest BCUT2D eigenvalue weighted by Gasteiger charge is -2.32. The van der Waals surface area contributed by atoms with Crippen molar-refractivity contribution in [1.29, 1.82) is 0 Å². The smallest absolute Gasteiger partial charge is 0.433 e. The average Bonchev–Trinajstić information content (AvgIpc) is 2.52. The van der Waals surface area contributed by atoms with Gasteiger partial charge in [-0.2, -0.15) is 30.2 Å². The highest BCUT2D eigenvalue weighted by Gasteiger charge is 2.33. The fraction of sp³-hybridized carbons (Fsp3) is 0.643. The van der Waals surface area contributed by atoms with Gasteiger partial charge in [-0.25, -0.2) is 4.98 Å². The second-order valence-electron chi connectivity index (χ2n) is 5.80. The second-order valence-corrected chi connectivity index (χ2v) is 7.94. The quantitative estimate of drug-likeness (QED) is 0.799. The van der Waals surface area contributed by atoms with Crippen LogP contribution in [0.5, 0.6) is 5.88 Å². The van der Waals surface area contributed by atoms with Gasteiger partial charge in [-0.15, -0.1) is 0 Å². The molecule has 136 valence electrons. The van der Waals surface area contributed by atoms with Gasteiger partial charge < -0.3 is 4.74 Å². The van der Waals surface area contributed by atoms with Crippen LogP contribution in [-0.2, 0) is 16.4 Å². The molecule has 2 heterocycles. The molecular weight excluding hydrogens is 347 g/mol. The van der Waals surface area contributed by atoms with Gasteiger partial charge in [0.05, 0.1) is 6.61 Å². The van der Waals surface area contributed by atoms with Crippen molar-refractivity contribution >= 4 is 10.2 Å². The monoisotopic (exact) mass is 367 g/mol. The van der Waals surface area contributed by atoms with Crippen LogP contribution in [0.2, 0.25) is 0 Å². The Balaban J connectivity index is 1.87. The van der Waals surface area contributed by atoms with E-state index in [1.165, 1.54) is 30.5 Å². The van der Waals surface area contributed by atoms with E-state index in [4.69, 9.17) is 4.74 Å². The molecule has 0 spiro atoms. The molecule has 1 aliphatic rings. The molecule has 0 aliphatic carbocycles. The number of rotatable bonds is 5. The molecule has 1 saturated heterocycles.